The topological polar surface area (TPSA) is 96.4 Å². The van der Waals surface area contributed by atoms with Crippen molar-refractivity contribution in [3.05, 3.63) is 41.9 Å². The third-order valence-corrected chi connectivity index (χ3v) is 7.83. The van der Waals surface area contributed by atoms with Gasteiger partial charge in [-0.3, -0.25) is 14.4 Å². The van der Waals surface area contributed by atoms with Gasteiger partial charge in [0, 0.05) is 30.4 Å². The maximum atomic E-state index is 14.2. The lowest BCUT2D eigenvalue weighted by molar-refractivity contribution is -0.159. The lowest BCUT2D eigenvalue weighted by Gasteiger charge is -2.36. The number of ether oxygens (including phenoxy) is 2. The molecule has 9 heteroatoms. The van der Waals surface area contributed by atoms with Gasteiger partial charge in [0.25, 0.3) is 5.91 Å². The standard InChI is InChI=1S/C26H33ClN2O6/c1-4-14-28(18-10-8-17(27)9-11-18)23(32)21-26-13-12-25(3,35-26)20(24(33)34-5-2)19(26)22(31)29(21)15-6-7-16-30/h4,8-11,19-21,30H,1,5-7,12-16H2,2-3H3/t19-,20+,21?,25-,26?/m0/s1. The van der Waals surface area contributed by atoms with E-state index in [1.54, 1.807) is 47.1 Å². The molecule has 5 atom stereocenters. The minimum absolute atomic E-state index is 0.0113. The number of fused-ring (bicyclic) bond motifs is 1. The third-order valence-electron chi connectivity index (χ3n) is 7.57. The molecule has 190 valence electrons. The molecule has 1 spiro atoms. The van der Waals surface area contributed by atoms with Crippen LogP contribution >= 0.6 is 11.6 Å². The van der Waals surface area contributed by atoms with Crippen LogP contribution < -0.4 is 4.90 Å². The summed E-state index contributed by atoms with van der Waals surface area (Å²) in [5.41, 5.74) is -1.36. The molecule has 35 heavy (non-hydrogen) atoms. The van der Waals surface area contributed by atoms with Crippen molar-refractivity contribution in [1.82, 2.24) is 4.90 Å². The number of nitrogens with zero attached hydrogens (tertiary/aromatic N) is 2. The number of rotatable bonds is 10. The van der Waals surface area contributed by atoms with E-state index in [-0.39, 0.29) is 38.1 Å². The van der Waals surface area contributed by atoms with Gasteiger partial charge in [0.1, 0.15) is 17.6 Å². The number of likely N-dealkylation sites (tertiary alicyclic amines) is 1. The molecule has 3 fully saturated rings. The van der Waals surface area contributed by atoms with Crippen LogP contribution in [0.5, 0.6) is 0 Å². The monoisotopic (exact) mass is 504 g/mol. The largest absolute Gasteiger partial charge is 0.466 e. The second-order valence-corrected chi connectivity index (χ2v) is 10.1. The molecule has 8 nitrogen and oxygen atoms in total. The SMILES string of the molecule is C=CCN(C(=O)C1N(CCCCO)C(=O)[C@@H]2[C@H](C(=O)OCC)[C@]3(C)CCC12O3)c1ccc(Cl)cc1. The molecule has 2 bridgehead atoms. The maximum absolute atomic E-state index is 14.2. The van der Waals surface area contributed by atoms with Crippen LogP contribution in [0.2, 0.25) is 5.02 Å². The van der Waals surface area contributed by atoms with Gasteiger partial charge < -0.3 is 24.4 Å². The molecule has 3 aliphatic heterocycles. The highest BCUT2D eigenvalue weighted by Crippen LogP contribution is 2.63. The van der Waals surface area contributed by atoms with Crippen molar-refractivity contribution in [1.29, 1.82) is 0 Å². The molecule has 0 aliphatic carbocycles. The summed E-state index contributed by atoms with van der Waals surface area (Å²) in [6.45, 7) is 8.08. The second-order valence-electron chi connectivity index (χ2n) is 9.66. The van der Waals surface area contributed by atoms with Crippen molar-refractivity contribution < 1.29 is 29.0 Å². The highest BCUT2D eigenvalue weighted by atomic mass is 35.5. The Morgan fingerprint density at radius 3 is 2.66 bits per heavy atom. The molecule has 3 saturated heterocycles. The summed E-state index contributed by atoms with van der Waals surface area (Å²) in [6.07, 6.45) is 3.70. The van der Waals surface area contributed by atoms with Crippen LogP contribution in [0.1, 0.15) is 39.5 Å². The van der Waals surface area contributed by atoms with Crippen molar-refractivity contribution in [2.24, 2.45) is 11.8 Å². The summed E-state index contributed by atoms with van der Waals surface area (Å²) < 4.78 is 11.9. The first-order chi connectivity index (χ1) is 16.7. The van der Waals surface area contributed by atoms with Gasteiger partial charge in [-0.15, -0.1) is 6.58 Å². The van der Waals surface area contributed by atoms with Gasteiger partial charge in [-0.25, -0.2) is 0 Å². The molecule has 1 aromatic rings. The highest BCUT2D eigenvalue weighted by Gasteiger charge is 2.78. The Kier molecular flexibility index (Phi) is 7.27. The fourth-order valence-electron chi connectivity index (χ4n) is 6.15. The van der Waals surface area contributed by atoms with E-state index in [9.17, 15) is 19.5 Å². The lowest BCUT2D eigenvalue weighted by atomic mass is 9.66. The molecular weight excluding hydrogens is 472 g/mol. The average molecular weight is 505 g/mol. The zero-order chi connectivity index (χ0) is 25.4. The number of amides is 2. The number of unbranched alkanes of at least 4 members (excludes halogenated alkanes) is 1. The number of halogens is 1. The quantitative estimate of drug-likeness (QED) is 0.299. The summed E-state index contributed by atoms with van der Waals surface area (Å²) in [7, 11) is 0. The molecule has 1 N–H and O–H groups in total. The molecule has 0 aromatic heterocycles. The van der Waals surface area contributed by atoms with E-state index in [1.807, 2.05) is 6.92 Å². The molecule has 2 unspecified atom stereocenters. The first kappa shape index (κ1) is 25.7. The zero-order valence-corrected chi connectivity index (χ0v) is 21.0. The fraction of sp³-hybridized carbons (Fsp3) is 0.577. The Morgan fingerprint density at radius 2 is 2.03 bits per heavy atom. The minimum atomic E-state index is -1.12. The van der Waals surface area contributed by atoms with Crippen LogP contribution in [-0.4, -0.2) is 71.3 Å². The van der Waals surface area contributed by atoms with Crippen LogP contribution in [0.3, 0.4) is 0 Å². The fourth-order valence-corrected chi connectivity index (χ4v) is 6.28. The Balaban J connectivity index is 1.77. The van der Waals surface area contributed by atoms with Crippen molar-refractivity contribution in [2.75, 3.05) is 31.2 Å². The number of esters is 1. The van der Waals surface area contributed by atoms with Crippen LogP contribution in [0.4, 0.5) is 5.69 Å². The van der Waals surface area contributed by atoms with Gasteiger partial charge in [0.2, 0.25) is 5.91 Å². The van der Waals surface area contributed by atoms with E-state index < -0.39 is 35.0 Å². The van der Waals surface area contributed by atoms with Crippen molar-refractivity contribution in [2.45, 2.75) is 56.8 Å². The van der Waals surface area contributed by atoms with Crippen molar-refractivity contribution in [3.63, 3.8) is 0 Å². The van der Waals surface area contributed by atoms with Crippen LogP contribution in [0, 0.1) is 11.8 Å². The Labute approximate surface area is 210 Å². The van der Waals surface area contributed by atoms with E-state index >= 15 is 0 Å². The van der Waals surface area contributed by atoms with Crippen LogP contribution in [0.15, 0.2) is 36.9 Å². The van der Waals surface area contributed by atoms with Crippen molar-refractivity contribution >= 4 is 35.1 Å². The van der Waals surface area contributed by atoms with Crippen LogP contribution in [0.25, 0.3) is 0 Å². The maximum Gasteiger partial charge on any atom is 0.312 e. The highest BCUT2D eigenvalue weighted by molar-refractivity contribution is 6.30. The Morgan fingerprint density at radius 1 is 1.31 bits per heavy atom. The number of benzene rings is 1. The molecule has 3 heterocycles. The number of anilines is 1. The third kappa shape index (κ3) is 4.15. The Bertz CT molecular complexity index is 1000. The molecule has 3 aliphatic rings. The van der Waals surface area contributed by atoms with E-state index in [1.165, 1.54) is 0 Å². The molecule has 0 radical (unpaired) electrons. The number of aliphatic hydroxyl groups is 1. The zero-order valence-electron chi connectivity index (χ0n) is 20.2. The van der Waals surface area contributed by atoms with Gasteiger partial charge in [-0.1, -0.05) is 17.7 Å². The van der Waals surface area contributed by atoms with Gasteiger partial charge in [0.15, 0.2) is 0 Å². The summed E-state index contributed by atoms with van der Waals surface area (Å²) in [4.78, 5) is 44.3. The van der Waals surface area contributed by atoms with Gasteiger partial charge in [-0.2, -0.15) is 0 Å². The molecule has 2 amide bonds. The number of aliphatic hydroxyl groups excluding tert-OH is 1. The number of hydrogen-bond donors (Lipinski definition) is 1. The Hall–Kier alpha value is -2.42. The lowest BCUT2D eigenvalue weighted by Crippen LogP contribution is -2.56. The summed E-state index contributed by atoms with van der Waals surface area (Å²) in [5, 5.41) is 9.84. The second kappa shape index (κ2) is 9.91. The summed E-state index contributed by atoms with van der Waals surface area (Å²) in [5.74, 6) is -2.58. The van der Waals surface area contributed by atoms with Gasteiger partial charge >= 0.3 is 5.97 Å². The van der Waals surface area contributed by atoms with Gasteiger partial charge in [0.05, 0.1) is 18.1 Å². The summed E-state index contributed by atoms with van der Waals surface area (Å²) in [6, 6.07) is 6.00. The smallest absolute Gasteiger partial charge is 0.312 e. The first-order valence-electron chi connectivity index (χ1n) is 12.2. The van der Waals surface area contributed by atoms with E-state index in [2.05, 4.69) is 6.58 Å². The summed E-state index contributed by atoms with van der Waals surface area (Å²) >= 11 is 6.06. The number of carbonyl (C=O) groups is 3. The predicted molar refractivity (Wildman–Crippen MR) is 131 cm³/mol. The number of carbonyl (C=O) groups excluding carboxylic acids is 3. The molecular formula is C26H33ClN2O6. The van der Waals surface area contributed by atoms with Crippen LogP contribution in [-0.2, 0) is 23.9 Å². The average Bonchev–Trinajstić information content (AvgIpc) is 3.39. The number of hydrogen-bond acceptors (Lipinski definition) is 6. The van der Waals surface area contributed by atoms with E-state index in [0.29, 0.717) is 36.4 Å². The van der Waals surface area contributed by atoms with Crippen molar-refractivity contribution in [3.8, 4) is 0 Å². The predicted octanol–water partition coefficient (Wildman–Crippen LogP) is 2.96. The molecule has 1 aromatic carbocycles. The van der Waals surface area contributed by atoms with E-state index in [4.69, 9.17) is 21.1 Å². The normalized spacial score (nSPS) is 30.9. The first-order valence-corrected chi connectivity index (χ1v) is 12.6. The molecule has 4 rings (SSSR count). The van der Waals surface area contributed by atoms with Gasteiger partial charge in [-0.05, 0) is 63.8 Å². The molecule has 0 saturated carbocycles. The van der Waals surface area contributed by atoms with E-state index in [0.717, 1.165) is 0 Å². The minimum Gasteiger partial charge on any atom is -0.466 e.